The van der Waals surface area contributed by atoms with Crippen LogP contribution in [0.1, 0.15) is 25.8 Å². The first-order chi connectivity index (χ1) is 9.22. The van der Waals surface area contributed by atoms with Gasteiger partial charge in [-0.3, -0.25) is 0 Å². The van der Waals surface area contributed by atoms with E-state index in [1.807, 2.05) is 13.0 Å². The monoisotopic (exact) mass is 327 g/mol. The molecule has 1 rings (SSSR count). The lowest BCUT2D eigenvalue weighted by Gasteiger charge is -2.15. The van der Waals surface area contributed by atoms with Gasteiger partial charge in [0.2, 0.25) is 0 Å². The second kappa shape index (κ2) is 8.99. The first-order valence-corrected chi connectivity index (χ1v) is 7.41. The Labute approximate surface area is 124 Å². The number of nitrogens with one attached hydrogen (secondary N) is 1. The zero-order valence-electron chi connectivity index (χ0n) is 11.7. The van der Waals surface area contributed by atoms with E-state index in [0.29, 0.717) is 13.2 Å². The molecule has 0 fully saturated rings. The highest BCUT2D eigenvalue weighted by Gasteiger charge is 2.11. The molecule has 0 saturated carbocycles. The maximum Gasteiger partial charge on any atom is 0.175 e. The molecule has 4 heteroatoms. The summed E-state index contributed by atoms with van der Waals surface area (Å²) < 4.78 is 12.2. The molecule has 1 aromatic carbocycles. The summed E-state index contributed by atoms with van der Waals surface area (Å²) >= 11 is 3.54. The SMILES string of the molecule is C=CCOc1c(Br)cc(CNCCC)cc1OCC. The minimum atomic E-state index is 0.464. The van der Waals surface area contributed by atoms with Gasteiger partial charge < -0.3 is 14.8 Å². The molecule has 0 spiro atoms. The molecular weight excluding hydrogens is 306 g/mol. The molecule has 0 atom stereocenters. The van der Waals surface area contributed by atoms with Crippen LogP contribution in [-0.2, 0) is 6.54 Å². The van der Waals surface area contributed by atoms with Crippen LogP contribution in [-0.4, -0.2) is 19.8 Å². The van der Waals surface area contributed by atoms with Crippen molar-refractivity contribution in [2.45, 2.75) is 26.8 Å². The molecule has 0 aliphatic carbocycles. The van der Waals surface area contributed by atoms with Gasteiger partial charge >= 0.3 is 0 Å². The lowest BCUT2D eigenvalue weighted by Crippen LogP contribution is -2.14. The summed E-state index contributed by atoms with van der Waals surface area (Å²) in [5, 5.41) is 3.38. The fourth-order valence-corrected chi connectivity index (χ4v) is 2.28. The van der Waals surface area contributed by atoms with Gasteiger partial charge in [-0.2, -0.15) is 0 Å². The average molecular weight is 328 g/mol. The van der Waals surface area contributed by atoms with Crippen LogP contribution in [0, 0.1) is 0 Å². The molecule has 0 bridgehead atoms. The summed E-state index contributed by atoms with van der Waals surface area (Å²) in [6.07, 6.45) is 2.85. The number of halogens is 1. The predicted octanol–water partition coefficient (Wildman–Crippen LogP) is 3.91. The summed E-state index contributed by atoms with van der Waals surface area (Å²) in [5.41, 5.74) is 1.18. The highest BCUT2D eigenvalue weighted by Crippen LogP contribution is 2.36. The van der Waals surface area contributed by atoms with E-state index in [0.717, 1.165) is 35.5 Å². The maximum absolute atomic E-state index is 5.64. The number of ether oxygens (including phenoxy) is 2. The summed E-state index contributed by atoms with van der Waals surface area (Å²) in [5.74, 6) is 1.51. The minimum absolute atomic E-state index is 0.464. The van der Waals surface area contributed by atoms with E-state index in [1.165, 1.54) is 5.56 Å². The van der Waals surface area contributed by atoms with E-state index in [2.05, 4.69) is 40.8 Å². The molecule has 3 nitrogen and oxygen atoms in total. The van der Waals surface area contributed by atoms with Gasteiger partial charge in [0.1, 0.15) is 6.61 Å². The van der Waals surface area contributed by atoms with Gasteiger partial charge in [-0.25, -0.2) is 0 Å². The first kappa shape index (κ1) is 16.1. The third-order valence-electron chi connectivity index (χ3n) is 2.47. The lowest BCUT2D eigenvalue weighted by atomic mass is 10.2. The third kappa shape index (κ3) is 5.25. The molecule has 0 aliphatic heterocycles. The van der Waals surface area contributed by atoms with Gasteiger partial charge in [0.25, 0.3) is 0 Å². The quantitative estimate of drug-likeness (QED) is 0.551. The Bertz CT molecular complexity index is 407. The van der Waals surface area contributed by atoms with E-state index < -0.39 is 0 Å². The molecule has 19 heavy (non-hydrogen) atoms. The van der Waals surface area contributed by atoms with E-state index in [4.69, 9.17) is 9.47 Å². The van der Waals surface area contributed by atoms with E-state index >= 15 is 0 Å². The molecule has 0 amide bonds. The molecule has 0 saturated heterocycles. The predicted molar refractivity (Wildman–Crippen MR) is 83.0 cm³/mol. The molecule has 0 radical (unpaired) electrons. The average Bonchev–Trinajstić information content (AvgIpc) is 2.38. The fraction of sp³-hybridized carbons (Fsp3) is 0.467. The number of hydrogen-bond acceptors (Lipinski definition) is 3. The van der Waals surface area contributed by atoms with Crippen LogP contribution in [0.4, 0.5) is 0 Å². The summed E-state index contributed by atoms with van der Waals surface area (Å²) in [7, 11) is 0. The van der Waals surface area contributed by atoms with E-state index in [1.54, 1.807) is 6.08 Å². The highest BCUT2D eigenvalue weighted by molar-refractivity contribution is 9.10. The number of hydrogen-bond donors (Lipinski definition) is 1. The summed E-state index contributed by atoms with van der Waals surface area (Å²) in [6.45, 7) is 10.7. The Kier molecular flexibility index (Phi) is 7.60. The first-order valence-electron chi connectivity index (χ1n) is 6.62. The molecule has 0 unspecified atom stereocenters. The molecule has 1 aromatic rings. The van der Waals surface area contributed by atoms with Crippen LogP contribution in [0.15, 0.2) is 29.3 Å². The van der Waals surface area contributed by atoms with Crippen LogP contribution in [0.2, 0.25) is 0 Å². The smallest absolute Gasteiger partial charge is 0.175 e. The topological polar surface area (TPSA) is 30.5 Å². The van der Waals surface area contributed by atoms with Crippen molar-refractivity contribution in [1.82, 2.24) is 5.32 Å². The zero-order valence-corrected chi connectivity index (χ0v) is 13.3. The molecule has 1 N–H and O–H groups in total. The van der Waals surface area contributed by atoms with Gasteiger partial charge in [0, 0.05) is 6.54 Å². The highest BCUT2D eigenvalue weighted by atomic mass is 79.9. The maximum atomic E-state index is 5.64. The molecular formula is C15H22BrNO2. The van der Waals surface area contributed by atoms with Crippen molar-refractivity contribution in [2.24, 2.45) is 0 Å². The molecule has 106 valence electrons. The van der Waals surface area contributed by atoms with Crippen molar-refractivity contribution in [2.75, 3.05) is 19.8 Å². The van der Waals surface area contributed by atoms with Crippen LogP contribution in [0.5, 0.6) is 11.5 Å². The minimum Gasteiger partial charge on any atom is -0.490 e. The normalized spacial score (nSPS) is 10.3. The second-order valence-corrected chi connectivity index (χ2v) is 4.97. The Balaban J connectivity index is 2.88. The van der Waals surface area contributed by atoms with Gasteiger partial charge in [0.05, 0.1) is 11.1 Å². The van der Waals surface area contributed by atoms with Crippen LogP contribution in [0.3, 0.4) is 0 Å². The largest absolute Gasteiger partial charge is 0.490 e. The van der Waals surface area contributed by atoms with Crippen molar-refractivity contribution >= 4 is 15.9 Å². The van der Waals surface area contributed by atoms with Crippen LogP contribution >= 0.6 is 15.9 Å². The van der Waals surface area contributed by atoms with Crippen molar-refractivity contribution in [3.63, 3.8) is 0 Å². The second-order valence-electron chi connectivity index (χ2n) is 4.11. The Hall–Kier alpha value is -1.00. The Morgan fingerprint density at radius 2 is 2.11 bits per heavy atom. The Morgan fingerprint density at radius 1 is 1.32 bits per heavy atom. The van der Waals surface area contributed by atoms with Crippen molar-refractivity contribution < 1.29 is 9.47 Å². The van der Waals surface area contributed by atoms with Crippen molar-refractivity contribution in [1.29, 1.82) is 0 Å². The summed E-state index contributed by atoms with van der Waals surface area (Å²) in [4.78, 5) is 0. The van der Waals surface area contributed by atoms with Crippen LogP contribution < -0.4 is 14.8 Å². The lowest BCUT2D eigenvalue weighted by molar-refractivity contribution is 0.295. The van der Waals surface area contributed by atoms with Gasteiger partial charge in [-0.05, 0) is 53.5 Å². The van der Waals surface area contributed by atoms with Gasteiger partial charge in [-0.1, -0.05) is 19.6 Å². The Morgan fingerprint density at radius 3 is 2.74 bits per heavy atom. The van der Waals surface area contributed by atoms with Crippen LogP contribution in [0.25, 0.3) is 0 Å². The zero-order chi connectivity index (χ0) is 14.1. The van der Waals surface area contributed by atoms with Crippen molar-refractivity contribution in [3.8, 4) is 11.5 Å². The van der Waals surface area contributed by atoms with Crippen molar-refractivity contribution in [3.05, 3.63) is 34.8 Å². The molecule has 0 aliphatic rings. The standard InChI is InChI=1S/C15H22BrNO2/c1-4-7-17-11-12-9-13(16)15(19-8-5-2)14(10-12)18-6-3/h5,9-10,17H,2,4,6-8,11H2,1,3H3. The summed E-state index contributed by atoms with van der Waals surface area (Å²) in [6, 6.07) is 4.08. The van der Waals surface area contributed by atoms with Gasteiger partial charge in [0.15, 0.2) is 11.5 Å². The third-order valence-corrected chi connectivity index (χ3v) is 3.06. The number of benzene rings is 1. The van der Waals surface area contributed by atoms with E-state index in [-0.39, 0.29) is 0 Å². The number of rotatable bonds is 9. The van der Waals surface area contributed by atoms with E-state index in [9.17, 15) is 0 Å². The molecule has 0 heterocycles. The van der Waals surface area contributed by atoms with Gasteiger partial charge in [-0.15, -0.1) is 0 Å². The molecule has 0 aromatic heterocycles. The fourth-order valence-electron chi connectivity index (χ4n) is 1.68.